The summed E-state index contributed by atoms with van der Waals surface area (Å²) in [7, 11) is 1.65. The quantitative estimate of drug-likeness (QED) is 0.250. The molecule has 0 atom stereocenters. The van der Waals surface area contributed by atoms with Crippen LogP contribution in [-0.4, -0.2) is 32.7 Å². The highest BCUT2D eigenvalue weighted by atomic mass is 127. The molecule has 0 aliphatic rings. The van der Waals surface area contributed by atoms with Crippen LogP contribution in [0, 0.1) is 11.6 Å². The summed E-state index contributed by atoms with van der Waals surface area (Å²) in [6, 6.07) is 7.56. The van der Waals surface area contributed by atoms with Gasteiger partial charge in [-0.3, -0.25) is 4.99 Å². The average molecular weight is 479 g/mol. The van der Waals surface area contributed by atoms with Gasteiger partial charge < -0.3 is 19.8 Å². The van der Waals surface area contributed by atoms with Crippen LogP contribution in [0.5, 0.6) is 0 Å². The molecule has 144 valence electrons. The second-order valence-electron chi connectivity index (χ2n) is 5.36. The molecule has 0 amide bonds. The van der Waals surface area contributed by atoms with E-state index in [0.29, 0.717) is 32.3 Å². The van der Waals surface area contributed by atoms with Gasteiger partial charge in [0.15, 0.2) is 5.96 Å². The molecular formula is C18H24F2IN3O2. The Kier molecular flexibility index (Phi) is 10.9. The molecule has 1 aromatic carbocycles. The summed E-state index contributed by atoms with van der Waals surface area (Å²) in [5, 5.41) is 6.16. The monoisotopic (exact) mass is 479 g/mol. The zero-order chi connectivity index (χ0) is 17.9. The van der Waals surface area contributed by atoms with Crippen LogP contribution in [0.25, 0.3) is 0 Å². The first-order valence-corrected chi connectivity index (χ1v) is 8.18. The van der Waals surface area contributed by atoms with E-state index in [1.807, 2.05) is 12.1 Å². The third-order valence-electron chi connectivity index (χ3n) is 3.54. The summed E-state index contributed by atoms with van der Waals surface area (Å²) in [5.41, 5.74) is 0.0804. The Morgan fingerprint density at radius 3 is 2.50 bits per heavy atom. The van der Waals surface area contributed by atoms with Crippen LogP contribution in [0.15, 0.2) is 46.0 Å². The van der Waals surface area contributed by atoms with Gasteiger partial charge in [-0.25, -0.2) is 8.78 Å². The van der Waals surface area contributed by atoms with Crippen LogP contribution in [0.1, 0.15) is 17.7 Å². The number of ether oxygens (including phenoxy) is 1. The lowest BCUT2D eigenvalue weighted by molar-refractivity contribution is 0.105. The Bertz CT molecular complexity index is 646. The zero-order valence-corrected chi connectivity index (χ0v) is 17.0. The molecule has 1 aromatic heterocycles. The van der Waals surface area contributed by atoms with Crippen molar-refractivity contribution in [1.29, 1.82) is 0 Å². The van der Waals surface area contributed by atoms with Crippen molar-refractivity contribution in [2.24, 2.45) is 4.99 Å². The molecule has 0 saturated carbocycles. The summed E-state index contributed by atoms with van der Waals surface area (Å²) in [6.07, 6.45) is 2.65. The Morgan fingerprint density at radius 1 is 1.12 bits per heavy atom. The Morgan fingerprint density at radius 2 is 1.85 bits per heavy atom. The summed E-state index contributed by atoms with van der Waals surface area (Å²) >= 11 is 0. The SMILES string of the molecule is CN=C(NCCCOCc1ccco1)NCCc1c(F)cccc1F.I. The number of aliphatic imine (C=N–C) groups is 1. The minimum absolute atomic E-state index is 0. The van der Waals surface area contributed by atoms with Crippen molar-refractivity contribution in [3.05, 3.63) is 59.6 Å². The van der Waals surface area contributed by atoms with Gasteiger partial charge in [-0.2, -0.15) is 0 Å². The van der Waals surface area contributed by atoms with E-state index in [4.69, 9.17) is 9.15 Å². The van der Waals surface area contributed by atoms with E-state index in [2.05, 4.69) is 15.6 Å². The van der Waals surface area contributed by atoms with Crippen molar-refractivity contribution in [1.82, 2.24) is 10.6 Å². The maximum Gasteiger partial charge on any atom is 0.190 e. The van der Waals surface area contributed by atoms with Gasteiger partial charge in [0.25, 0.3) is 0 Å². The summed E-state index contributed by atoms with van der Waals surface area (Å²) in [5.74, 6) is 0.325. The molecule has 26 heavy (non-hydrogen) atoms. The van der Waals surface area contributed by atoms with E-state index < -0.39 is 11.6 Å². The van der Waals surface area contributed by atoms with E-state index in [-0.39, 0.29) is 36.0 Å². The van der Waals surface area contributed by atoms with Crippen LogP contribution in [0.4, 0.5) is 8.78 Å². The van der Waals surface area contributed by atoms with Crippen molar-refractivity contribution in [2.45, 2.75) is 19.4 Å². The Labute approximate surface area is 169 Å². The van der Waals surface area contributed by atoms with Gasteiger partial charge in [-0.1, -0.05) is 6.07 Å². The number of hydrogen-bond donors (Lipinski definition) is 2. The minimum Gasteiger partial charge on any atom is -0.467 e. The number of guanidine groups is 1. The molecule has 0 saturated heterocycles. The van der Waals surface area contributed by atoms with Crippen LogP contribution in [-0.2, 0) is 17.8 Å². The van der Waals surface area contributed by atoms with Crippen molar-refractivity contribution in [2.75, 3.05) is 26.7 Å². The molecular weight excluding hydrogens is 455 g/mol. The van der Waals surface area contributed by atoms with E-state index in [0.717, 1.165) is 12.2 Å². The van der Waals surface area contributed by atoms with Gasteiger partial charge in [0.1, 0.15) is 24.0 Å². The highest BCUT2D eigenvalue weighted by Gasteiger charge is 2.08. The highest BCUT2D eigenvalue weighted by molar-refractivity contribution is 14.0. The van der Waals surface area contributed by atoms with Crippen LogP contribution < -0.4 is 10.6 Å². The lowest BCUT2D eigenvalue weighted by Crippen LogP contribution is -2.39. The maximum atomic E-state index is 13.5. The molecule has 2 rings (SSSR count). The molecule has 0 aliphatic carbocycles. The second kappa shape index (κ2) is 12.6. The fraction of sp³-hybridized carbons (Fsp3) is 0.389. The molecule has 0 bridgehead atoms. The predicted molar refractivity (Wildman–Crippen MR) is 108 cm³/mol. The van der Waals surface area contributed by atoms with Gasteiger partial charge in [0.2, 0.25) is 0 Å². The second-order valence-corrected chi connectivity index (χ2v) is 5.36. The van der Waals surface area contributed by atoms with Crippen molar-refractivity contribution in [3.8, 4) is 0 Å². The lowest BCUT2D eigenvalue weighted by Gasteiger charge is -2.12. The Hall–Kier alpha value is -1.68. The number of rotatable bonds is 9. The van der Waals surface area contributed by atoms with Crippen molar-refractivity contribution in [3.63, 3.8) is 0 Å². The van der Waals surface area contributed by atoms with E-state index in [1.54, 1.807) is 13.3 Å². The Balaban J connectivity index is 0.00000338. The van der Waals surface area contributed by atoms with Gasteiger partial charge in [0, 0.05) is 32.3 Å². The highest BCUT2D eigenvalue weighted by Crippen LogP contribution is 2.11. The number of furan rings is 1. The van der Waals surface area contributed by atoms with Gasteiger partial charge in [-0.15, -0.1) is 24.0 Å². The third kappa shape index (κ3) is 7.69. The van der Waals surface area contributed by atoms with Crippen LogP contribution >= 0.6 is 24.0 Å². The number of benzene rings is 1. The third-order valence-corrected chi connectivity index (χ3v) is 3.54. The maximum absolute atomic E-state index is 13.5. The van der Waals surface area contributed by atoms with Crippen LogP contribution in [0.2, 0.25) is 0 Å². The number of nitrogens with one attached hydrogen (secondary N) is 2. The van der Waals surface area contributed by atoms with Crippen molar-refractivity contribution >= 4 is 29.9 Å². The molecule has 0 aliphatic heterocycles. The molecule has 5 nitrogen and oxygen atoms in total. The predicted octanol–water partition coefficient (Wildman–Crippen LogP) is 3.49. The first-order chi connectivity index (χ1) is 12.2. The fourth-order valence-electron chi connectivity index (χ4n) is 2.25. The molecule has 2 aromatic rings. The normalized spacial score (nSPS) is 11.1. The fourth-order valence-corrected chi connectivity index (χ4v) is 2.25. The van der Waals surface area contributed by atoms with Crippen molar-refractivity contribution < 1.29 is 17.9 Å². The number of halogens is 3. The first kappa shape index (κ1) is 22.4. The molecule has 0 unspecified atom stereocenters. The largest absolute Gasteiger partial charge is 0.467 e. The zero-order valence-electron chi connectivity index (χ0n) is 14.6. The summed E-state index contributed by atoms with van der Waals surface area (Å²) in [4.78, 5) is 4.07. The van der Waals surface area contributed by atoms with E-state index in [9.17, 15) is 8.78 Å². The smallest absolute Gasteiger partial charge is 0.190 e. The molecule has 0 fully saturated rings. The molecule has 0 spiro atoms. The average Bonchev–Trinajstić information content (AvgIpc) is 3.12. The number of nitrogens with zero attached hydrogens (tertiary/aromatic N) is 1. The summed E-state index contributed by atoms with van der Waals surface area (Å²) < 4.78 is 37.7. The van der Waals surface area contributed by atoms with Gasteiger partial charge in [-0.05, 0) is 37.1 Å². The minimum atomic E-state index is -0.529. The van der Waals surface area contributed by atoms with Crippen LogP contribution in [0.3, 0.4) is 0 Å². The van der Waals surface area contributed by atoms with Gasteiger partial charge >= 0.3 is 0 Å². The standard InChI is InChI=1S/C18H23F2N3O2.HI/c1-21-18(22-9-4-11-24-13-14-5-3-12-25-14)23-10-8-15-16(19)6-2-7-17(15)20;/h2-3,5-7,12H,4,8-11,13H2,1H3,(H2,21,22,23);1H. The van der Waals surface area contributed by atoms with E-state index >= 15 is 0 Å². The van der Waals surface area contributed by atoms with Gasteiger partial charge in [0.05, 0.1) is 6.26 Å². The molecule has 0 radical (unpaired) electrons. The lowest BCUT2D eigenvalue weighted by atomic mass is 10.1. The summed E-state index contributed by atoms with van der Waals surface area (Å²) in [6.45, 7) is 2.09. The molecule has 1 heterocycles. The van der Waals surface area contributed by atoms with E-state index in [1.165, 1.54) is 18.2 Å². The number of hydrogen-bond acceptors (Lipinski definition) is 3. The molecule has 8 heteroatoms. The molecule has 2 N–H and O–H groups in total. The first-order valence-electron chi connectivity index (χ1n) is 8.18. The topological polar surface area (TPSA) is 58.8 Å².